The second kappa shape index (κ2) is 8.37. The van der Waals surface area contributed by atoms with Gasteiger partial charge in [-0.25, -0.2) is 0 Å². The van der Waals surface area contributed by atoms with Gasteiger partial charge in [0, 0.05) is 42.5 Å². The van der Waals surface area contributed by atoms with Crippen molar-refractivity contribution in [3.05, 3.63) is 66.4 Å². The zero-order valence-electron chi connectivity index (χ0n) is 15.2. The monoisotopic (exact) mass is 378 g/mol. The average molecular weight is 379 g/mol. The third kappa shape index (κ3) is 3.89. The van der Waals surface area contributed by atoms with Crippen LogP contribution in [0.4, 0.5) is 0 Å². The van der Waals surface area contributed by atoms with Crippen molar-refractivity contribution in [3.8, 4) is 5.69 Å². The summed E-state index contributed by atoms with van der Waals surface area (Å²) in [6.45, 7) is 4.91. The summed E-state index contributed by atoms with van der Waals surface area (Å²) in [5.41, 5.74) is 3.62. The molecule has 0 aliphatic rings. The molecule has 7 heteroatoms. The molecule has 2 aromatic heterocycles. The topological polar surface area (TPSA) is 60.6 Å². The van der Waals surface area contributed by atoms with E-state index in [0.29, 0.717) is 0 Å². The first-order valence-corrected chi connectivity index (χ1v) is 10.1. The highest BCUT2D eigenvalue weighted by atomic mass is 32.2. The highest BCUT2D eigenvalue weighted by Gasteiger charge is 2.09. The molecular formula is C20H22N6S. The molecule has 6 nitrogen and oxygen atoms in total. The number of para-hydroxylation sites is 2. The van der Waals surface area contributed by atoms with E-state index < -0.39 is 0 Å². The Labute approximate surface area is 162 Å². The number of hydrogen-bond acceptors (Lipinski definition) is 5. The molecular weight excluding hydrogens is 356 g/mol. The molecule has 0 bridgehead atoms. The predicted octanol–water partition coefficient (Wildman–Crippen LogP) is 3.52. The Morgan fingerprint density at radius 2 is 1.85 bits per heavy atom. The van der Waals surface area contributed by atoms with Gasteiger partial charge >= 0.3 is 0 Å². The molecule has 2 aromatic carbocycles. The van der Waals surface area contributed by atoms with E-state index in [-0.39, 0.29) is 0 Å². The summed E-state index contributed by atoms with van der Waals surface area (Å²) in [6.07, 6.45) is 2.25. The van der Waals surface area contributed by atoms with Crippen LogP contribution in [0.15, 0.2) is 66.0 Å². The molecule has 0 atom stereocenters. The van der Waals surface area contributed by atoms with Crippen molar-refractivity contribution in [2.24, 2.45) is 0 Å². The minimum absolute atomic E-state index is 0.811. The molecule has 0 fully saturated rings. The van der Waals surface area contributed by atoms with Crippen molar-refractivity contribution < 1.29 is 0 Å². The van der Waals surface area contributed by atoms with Gasteiger partial charge in [-0.3, -0.25) is 0 Å². The normalized spacial score (nSPS) is 11.3. The lowest BCUT2D eigenvalue weighted by molar-refractivity contribution is 0.722. The Morgan fingerprint density at radius 1 is 1.04 bits per heavy atom. The number of rotatable bonds is 8. The number of nitrogens with zero attached hydrogens (tertiary/aromatic N) is 5. The summed E-state index contributed by atoms with van der Waals surface area (Å²) in [7, 11) is 0. The van der Waals surface area contributed by atoms with Crippen molar-refractivity contribution in [1.29, 1.82) is 0 Å². The number of thioether (sulfide) groups is 1. The van der Waals surface area contributed by atoms with Crippen molar-refractivity contribution >= 4 is 22.7 Å². The van der Waals surface area contributed by atoms with E-state index in [1.165, 1.54) is 16.5 Å². The molecule has 0 amide bonds. The molecule has 0 unspecified atom stereocenters. The van der Waals surface area contributed by atoms with Crippen molar-refractivity contribution in [2.45, 2.75) is 25.2 Å². The molecule has 0 spiro atoms. The van der Waals surface area contributed by atoms with Gasteiger partial charge in [0.15, 0.2) is 0 Å². The van der Waals surface area contributed by atoms with E-state index in [1.807, 2.05) is 30.3 Å². The fourth-order valence-corrected chi connectivity index (χ4v) is 3.95. The lowest BCUT2D eigenvalue weighted by atomic mass is 10.2. The first kappa shape index (κ1) is 17.8. The van der Waals surface area contributed by atoms with Gasteiger partial charge < -0.3 is 9.88 Å². The molecule has 2 heterocycles. The van der Waals surface area contributed by atoms with E-state index in [4.69, 9.17) is 0 Å². The van der Waals surface area contributed by atoms with Gasteiger partial charge in [0.2, 0.25) is 5.16 Å². The number of tetrazole rings is 1. The molecule has 0 aliphatic heterocycles. The van der Waals surface area contributed by atoms with Gasteiger partial charge in [-0.15, -0.1) is 5.10 Å². The van der Waals surface area contributed by atoms with E-state index >= 15 is 0 Å². The Morgan fingerprint density at radius 3 is 2.70 bits per heavy atom. The number of hydrogen-bond donors (Lipinski definition) is 1. The molecule has 0 saturated heterocycles. The smallest absolute Gasteiger partial charge is 0.214 e. The standard InChI is InChI=1S/C20H22N6S/c1-2-25-15-16(18-10-6-7-11-19(18)25)14-21-12-13-27-20-22-23-24-26(20)17-8-4-3-5-9-17/h3-11,15,21H,2,12-14H2,1H3. The molecule has 1 N–H and O–H groups in total. The van der Waals surface area contributed by atoms with Gasteiger partial charge in [0.25, 0.3) is 0 Å². The van der Waals surface area contributed by atoms with Crippen LogP contribution in [0.5, 0.6) is 0 Å². The molecule has 0 radical (unpaired) electrons. The summed E-state index contributed by atoms with van der Waals surface area (Å²) in [6, 6.07) is 18.5. The number of fused-ring (bicyclic) bond motifs is 1. The third-order valence-corrected chi connectivity index (χ3v) is 5.40. The van der Waals surface area contributed by atoms with Crippen molar-refractivity contribution in [3.63, 3.8) is 0 Å². The highest BCUT2D eigenvalue weighted by molar-refractivity contribution is 7.99. The zero-order chi connectivity index (χ0) is 18.5. The average Bonchev–Trinajstić information content (AvgIpc) is 3.33. The van der Waals surface area contributed by atoms with Gasteiger partial charge in [0.05, 0.1) is 5.69 Å². The van der Waals surface area contributed by atoms with Gasteiger partial charge in [-0.1, -0.05) is 48.2 Å². The van der Waals surface area contributed by atoms with Crippen LogP contribution >= 0.6 is 11.8 Å². The Hall–Kier alpha value is -2.64. The van der Waals surface area contributed by atoms with E-state index in [2.05, 4.69) is 62.8 Å². The number of benzene rings is 2. The lowest BCUT2D eigenvalue weighted by Crippen LogP contribution is -2.16. The Balaban J connectivity index is 1.33. The van der Waals surface area contributed by atoms with Gasteiger partial charge in [-0.2, -0.15) is 4.68 Å². The quantitative estimate of drug-likeness (QED) is 0.375. The number of aromatic nitrogens is 5. The lowest BCUT2D eigenvalue weighted by Gasteiger charge is -2.05. The summed E-state index contributed by atoms with van der Waals surface area (Å²) in [4.78, 5) is 0. The molecule has 0 saturated carbocycles. The number of nitrogens with one attached hydrogen (secondary N) is 1. The van der Waals surface area contributed by atoms with Crippen LogP contribution in [0.25, 0.3) is 16.6 Å². The molecule has 4 aromatic rings. The molecule has 4 rings (SSSR count). The van der Waals surface area contributed by atoms with Crippen LogP contribution < -0.4 is 5.32 Å². The maximum absolute atomic E-state index is 4.14. The maximum Gasteiger partial charge on any atom is 0.214 e. The minimum Gasteiger partial charge on any atom is -0.347 e. The first-order valence-electron chi connectivity index (χ1n) is 9.11. The van der Waals surface area contributed by atoms with Crippen LogP contribution in [0.3, 0.4) is 0 Å². The van der Waals surface area contributed by atoms with E-state index in [1.54, 1.807) is 16.4 Å². The van der Waals surface area contributed by atoms with Crippen LogP contribution in [-0.4, -0.2) is 37.1 Å². The summed E-state index contributed by atoms with van der Waals surface area (Å²) >= 11 is 1.66. The molecule has 27 heavy (non-hydrogen) atoms. The number of aryl methyl sites for hydroxylation is 1. The highest BCUT2D eigenvalue weighted by Crippen LogP contribution is 2.21. The zero-order valence-corrected chi connectivity index (χ0v) is 16.1. The first-order chi connectivity index (χ1) is 13.4. The van der Waals surface area contributed by atoms with E-state index in [0.717, 1.165) is 36.2 Å². The van der Waals surface area contributed by atoms with E-state index in [9.17, 15) is 0 Å². The fraction of sp³-hybridized carbons (Fsp3) is 0.250. The van der Waals surface area contributed by atoms with Crippen LogP contribution in [0, 0.1) is 0 Å². The fourth-order valence-electron chi connectivity index (χ4n) is 3.16. The SMILES string of the molecule is CCn1cc(CNCCSc2nnnn2-c2ccccc2)c2ccccc21. The minimum atomic E-state index is 0.811. The summed E-state index contributed by atoms with van der Waals surface area (Å²) in [5, 5.41) is 17.7. The largest absolute Gasteiger partial charge is 0.347 e. The van der Waals surface area contributed by atoms with Crippen LogP contribution in [0.1, 0.15) is 12.5 Å². The van der Waals surface area contributed by atoms with Crippen LogP contribution in [-0.2, 0) is 13.1 Å². The van der Waals surface area contributed by atoms with Crippen molar-refractivity contribution in [2.75, 3.05) is 12.3 Å². The maximum atomic E-state index is 4.14. The summed E-state index contributed by atoms with van der Waals surface area (Å²) < 4.78 is 4.08. The molecule has 138 valence electrons. The predicted molar refractivity (Wildman–Crippen MR) is 109 cm³/mol. The second-order valence-electron chi connectivity index (χ2n) is 6.19. The van der Waals surface area contributed by atoms with Crippen LogP contribution in [0.2, 0.25) is 0 Å². The summed E-state index contributed by atoms with van der Waals surface area (Å²) in [5.74, 6) is 0.902. The Bertz CT molecular complexity index is 1010. The van der Waals surface area contributed by atoms with Crippen molar-refractivity contribution in [1.82, 2.24) is 30.1 Å². The second-order valence-corrected chi connectivity index (χ2v) is 7.25. The third-order valence-electron chi connectivity index (χ3n) is 4.48. The molecule has 0 aliphatic carbocycles. The van der Waals surface area contributed by atoms with Gasteiger partial charge in [-0.05, 0) is 41.1 Å². The Kier molecular flexibility index (Phi) is 5.50. The van der Waals surface area contributed by atoms with Gasteiger partial charge in [0.1, 0.15) is 0 Å².